The fourth-order valence-corrected chi connectivity index (χ4v) is 1.57. The topological polar surface area (TPSA) is 40.5 Å². The maximum atomic E-state index is 11.9. The minimum absolute atomic E-state index is 0.0425. The van der Waals surface area contributed by atoms with Crippen LogP contribution in [0.25, 0.3) is 0 Å². The normalized spacial score (nSPS) is 18.4. The fourth-order valence-electron chi connectivity index (χ4n) is 1.42. The third kappa shape index (κ3) is 2.89. The third-order valence-corrected chi connectivity index (χ3v) is 3.31. The molecular weight excluding hydrogens is 198 g/mol. The molecule has 1 atom stereocenters. The van der Waals surface area contributed by atoms with Crippen LogP contribution in [-0.2, 0) is 4.79 Å². The van der Waals surface area contributed by atoms with E-state index in [1.807, 2.05) is 13.8 Å². The Labute approximate surface area is 90.9 Å². The monoisotopic (exact) mass is 217 g/mol. The number of hydrogen-bond donors (Lipinski definition) is 2. The molecule has 0 heterocycles. The fraction of sp³-hybridized carbons (Fsp3) is 0.900. The van der Waals surface area contributed by atoms with Gasteiger partial charge in [-0.15, -0.1) is 0 Å². The van der Waals surface area contributed by atoms with Crippen molar-refractivity contribution >= 4 is 18.5 Å². The standard InChI is InChI=1S/C10H19NO2S/c1-7(2)9(14)10(13)11(5-6-12)8-3-4-8/h7-9,12,14H,3-6H2,1-2H3. The number of amides is 1. The smallest absolute Gasteiger partial charge is 0.236 e. The SMILES string of the molecule is CC(C)C(S)C(=O)N(CCO)C1CC1. The molecule has 0 aromatic carbocycles. The molecule has 0 saturated heterocycles. The zero-order valence-corrected chi connectivity index (χ0v) is 9.70. The van der Waals surface area contributed by atoms with E-state index in [1.165, 1.54) is 0 Å². The summed E-state index contributed by atoms with van der Waals surface area (Å²) in [4.78, 5) is 13.7. The van der Waals surface area contributed by atoms with Crippen LogP contribution in [0.15, 0.2) is 0 Å². The first-order valence-corrected chi connectivity index (χ1v) is 5.69. The molecule has 1 aliphatic carbocycles. The lowest BCUT2D eigenvalue weighted by atomic mass is 10.1. The van der Waals surface area contributed by atoms with Gasteiger partial charge >= 0.3 is 0 Å². The number of thiol groups is 1. The van der Waals surface area contributed by atoms with Gasteiger partial charge in [-0.3, -0.25) is 4.79 Å². The van der Waals surface area contributed by atoms with Gasteiger partial charge in [0.15, 0.2) is 0 Å². The highest BCUT2D eigenvalue weighted by molar-refractivity contribution is 7.81. The molecule has 82 valence electrons. The van der Waals surface area contributed by atoms with E-state index >= 15 is 0 Å². The summed E-state index contributed by atoms with van der Waals surface area (Å²) in [6.07, 6.45) is 2.15. The quantitative estimate of drug-likeness (QED) is 0.672. The van der Waals surface area contributed by atoms with Gasteiger partial charge in [0.25, 0.3) is 0 Å². The number of carbonyl (C=O) groups excluding carboxylic acids is 1. The minimum atomic E-state index is -0.234. The molecule has 0 aromatic heterocycles. The number of nitrogens with zero attached hydrogens (tertiary/aromatic N) is 1. The number of carbonyl (C=O) groups is 1. The summed E-state index contributed by atoms with van der Waals surface area (Å²) < 4.78 is 0. The van der Waals surface area contributed by atoms with Crippen LogP contribution in [0.2, 0.25) is 0 Å². The van der Waals surface area contributed by atoms with Crippen molar-refractivity contribution in [3.8, 4) is 0 Å². The van der Waals surface area contributed by atoms with Crippen LogP contribution in [-0.4, -0.2) is 40.4 Å². The number of aliphatic hydroxyl groups is 1. The lowest BCUT2D eigenvalue weighted by Gasteiger charge is -2.26. The number of hydrogen-bond acceptors (Lipinski definition) is 3. The van der Waals surface area contributed by atoms with Crippen molar-refractivity contribution in [3.05, 3.63) is 0 Å². The maximum Gasteiger partial charge on any atom is 0.236 e. The highest BCUT2D eigenvalue weighted by atomic mass is 32.1. The van der Waals surface area contributed by atoms with Gasteiger partial charge in [0.05, 0.1) is 11.9 Å². The molecule has 3 nitrogen and oxygen atoms in total. The van der Waals surface area contributed by atoms with Gasteiger partial charge < -0.3 is 10.0 Å². The molecule has 0 aromatic rings. The molecule has 1 fully saturated rings. The van der Waals surface area contributed by atoms with Crippen LogP contribution in [0.1, 0.15) is 26.7 Å². The lowest BCUT2D eigenvalue weighted by Crippen LogP contribution is -2.42. The Bertz CT molecular complexity index is 204. The minimum Gasteiger partial charge on any atom is -0.395 e. The van der Waals surface area contributed by atoms with Gasteiger partial charge in [-0.2, -0.15) is 12.6 Å². The Hall–Kier alpha value is -0.220. The maximum absolute atomic E-state index is 11.9. The lowest BCUT2D eigenvalue weighted by molar-refractivity contribution is -0.132. The van der Waals surface area contributed by atoms with Gasteiger partial charge in [0.2, 0.25) is 5.91 Å². The van der Waals surface area contributed by atoms with E-state index < -0.39 is 0 Å². The van der Waals surface area contributed by atoms with Crippen molar-refractivity contribution in [1.29, 1.82) is 0 Å². The summed E-state index contributed by atoms with van der Waals surface area (Å²) >= 11 is 4.30. The van der Waals surface area contributed by atoms with E-state index in [9.17, 15) is 4.79 Å². The molecule has 1 saturated carbocycles. The molecule has 0 radical (unpaired) electrons. The molecule has 4 heteroatoms. The molecular formula is C10H19NO2S. The molecule has 1 rings (SSSR count). The summed E-state index contributed by atoms with van der Waals surface area (Å²) in [6.45, 7) is 4.47. The number of rotatable bonds is 5. The average molecular weight is 217 g/mol. The highest BCUT2D eigenvalue weighted by Crippen LogP contribution is 2.28. The van der Waals surface area contributed by atoms with Crippen molar-refractivity contribution in [1.82, 2.24) is 4.90 Å². The van der Waals surface area contributed by atoms with Crippen molar-refractivity contribution in [2.24, 2.45) is 5.92 Å². The Morgan fingerprint density at radius 3 is 2.50 bits per heavy atom. The van der Waals surface area contributed by atoms with E-state index in [0.717, 1.165) is 12.8 Å². The van der Waals surface area contributed by atoms with Crippen molar-refractivity contribution in [2.45, 2.75) is 38.0 Å². The summed E-state index contributed by atoms with van der Waals surface area (Å²) in [5.74, 6) is 0.311. The van der Waals surface area contributed by atoms with Gasteiger partial charge in [0, 0.05) is 12.6 Å². The van der Waals surface area contributed by atoms with E-state index in [2.05, 4.69) is 12.6 Å². The predicted molar refractivity (Wildman–Crippen MR) is 59.4 cm³/mol. The Balaban J connectivity index is 2.53. The van der Waals surface area contributed by atoms with Crippen LogP contribution in [0.3, 0.4) is 0 Å². The molecule has 1 amide bonds. The summed E-state index contributed by atoms with van der Waals surface area (Å²) in [5, 5.41) is 8.63. The van der Waals surface area contributed by atoms with Crippen molar-refractivity contribution in [2.75, 3.05) is 13.2 Å². The van der Waals surface area contributed by atoms with Crippen LogP contribution in [0.5, 0.6) is 0 Å². The van der Waals surface area contributed by atoms with Gasteiger partial charge in [-0.25, -0.2) is 0 Å². The molecule has 0 bridgehead atoms. The summed E-state index contributed by atoms with van der Waals surface area (Å²) in [5.41, 5.74) is 0. The van der Waals surface area contributed by atoms with E-state index in [4.69, 9.17) is 5.11 Å². The van der Waals surface area contributed by atoms with E-state index in [1.54, 1.807) is 4.90 Å². The Morgan fingerprint density at radius 1 is 1.57 bits per heavy atom. The van der Waals surface area contributed by atoms with E-state index in [0.29, 0.717) is 12.6 Å². The Kier molecular flexibility index (Phi) is 4.26. The van der Waals surface area contributed by atoms with Crippen molar-refractivity contribution in [3.63, 3.8) is 0 Å². The van der Waals surface area contributed by atoms with Gasteiger partial charge in [0.1, 0.15) is 0 Å². The van der Waals surface area contributed by atoms with Gasteiger partial charge in [-0.05, 0) is 18.8 Å². The predicted octanol–water partition coefficient (Wildman–Crippen LogP) is 0.924. The van der Waals surface area contributed by atoms with Crippen LogP contribution < -0.4 is 0 Å². The zero-order valence-electron chi connectivity index (χ0n) is 8.81. The van der Waals surface area contributed by atoms with Crippen LogP contribution >= 0.6 is 12.6 Å². The van der Waals surface area contributed by atoms with Crippen molar-refractivity contribution < 1.29 is 9.90 Å². The number of aliphatic hydroxyl groups excluding tert-OH is 1. The zero-order chi connectivity index (χ0) is 10.7. The summed E-state index contributed by atoms with van der Waals surface area (Å²) in [6, 6.07) is 0.364. The molecule has 1 unspecified atom stereocenters. The largest absolute Gasteiger partial charge is 0.395 e. The molecule has 1 aliphatic rings. The molecule has 1 N–H and O–H groups in total. The second-order valence-electron chi connectivity index (χ2n) is 4.18. The molecule has 0 aliphatic heterocycles. The van der Waals surface area contributed by atoms with E-state index in [-0.39, 0.29) is 23.7 Å². The highest BCUT2D eigenvalue weighted by Gasteiger charge is 2.35. The Morgan fingerprint density at radius 2 is 2.14 bits per heavy atom. The van der Waals surface area contributed by atoms with Gasteiger partial charge in [-0.1, -0.05) is 13.8 Å². The first-order chi connectivity index (χ1) is 6.57. The summed E-state index contributed by atoms with van der Waals surface area (Å²) in [7, 11) is 0. The van der Waals surface area contributed by atoms with Crippen LogP contribution in [0.4, 0.5) is 0 Å². The first-order valence-electron chi connectivity index (χ1n) is 5.17. The third-order valence-electron chi connectivity index (χ3n) is 2.50. The molecule has 14 heavy (non-hydrogen) atoms. The first kappa shape index (κ1) is 11.9. The second kappa shape index (κ2) is 5.03. The molecule has 0 spiro atoms. The average Bonchev–Trinajstić information content (AvgIpc) is 2.95. The van der Waals surface area contributed by atoms with Crippen LogP contribution in [0, 0.1) is 5.92 Å². The second-order valence-corrected chi connectivity index (χ2v) is 4.73.